The normalized spacial score (nSPS) is 26.1. The zero-order valence-electron chi connectivity index (χ0n) is 6.60. The lowest BCUT2D eigenvalue weighted by atomic mass is 10.1. The van der Waals surface area contributed by atoms with E-state index in [-0.39, 0.29) is 17.0 Å². The molecular formula is C9H12BrNO. The van der Waals surface area contributed by atoms with E-state index < -0.39 is 0 Å². The summed E-state index contributed by atoms with van der Waals surface area (Å²) in [5, 5.41) is 8.99. The van der Waals surface area contributed by atoms with Gasteiger partial charge >= 0.3 is 0 Å². The van der Waals surface area contributed by atoms with Crippen LogP contribution in [0.15, 0.2) is 24.3 Å². The maximum absolute atomic E-state index is 8.99. The summed E-state index contributed by atoms with van der Waals surface area (Å²) in [5.41, 5.74) is 6.92. The number of phenols is 1. The van der Waals surface area contributed by atoms with Gasteiger partial charge in [-0.25, -0.2) is 0 Å². The summed E-state index contributed by atoms with van der Waals surface area (Å²) in [4.78, 5) is 0. The van der Waals surface area contributed by atoms with Crippen LogP contribution >= 0.6 is 17.0 Å². The van der Waals surface area contributed by atoms with E-state index in [0.717, 1.165) is 6.42 Å². The number of phenolic OH excluding ortho intramolecular Hbond substituents is 1. The summed E-state index contributed by atoms with van der Waals surface area (Å²) in [6.07, 6.45) is 1.09. The molecule has 0 heterocycles. The number of halogens is 1. The standard InChI is InChI=1S/C9H11NO.BrH/c10-9-5-8(9)6-1-3-7(11)4-2-6;/h1-4,8-9,11H,5,10H2;1H/t8-,9+;/m0./s1. The highest BCUT2D eigenvalue weighted by atomic mass is 79.9. The molecule has 1 aliphatic rings. The molecule has 1 fully saturated rings. The van der Waals surface area contributed by atoms with Gasteiger partial charge in [-0.2, -0.15) is 0 Å². The minimum atomic E-state index is 0. The number of hydrogen-bond donors (Lipinski definition) is 2. The summed E-state index contributed by atoms with van der Waals surface area (Å²) in [6.45, 7) is 0. The predicted octanol–water partition coefficient (Wildman–Crippen LogP) is 1.78. The molecule has 12 heavy (non-hydrogen) atoms. The van der Waals surface area contributed by atoms with Crippen LogP contribution < -0.4 is 5.73 Å². The molecule has 0 radical (unpaired) electrons. The molecule has 1 saturated carbocycles. The predicted molar refractivity (Wildman–Crippen MR) is 53.8 cm³/mol. The van der Waals surface area contributed by atoms with Crippen LogP contribution in [-0.4, -0.2) is 11.1 Å². The second-order valence-corrected chi connectivity index (χ2v) is 3.10. The molecule has 0 aliphatic heterocycles. The molecule has 0 amide bonds. The number of hydrogen-bond acceptors (Lipinski definition) is 2. The molecular weight excluding hydrogens is 218 g/mol. The fraction of sp³-hybridized carbons (Fsp3) is 0.333. The van der Waals surface area contributed by atoms with Crippen molar-refractivity contribution in [2.24, 2.45) is 5.73 Å². The minimum Gasteiger partial charge on any atom is -0.508 e. The SMILES string of the molecule is Br.N[C@@H]1C[C@H]1c1ccc(O)cc1. The van der Waals surface area contributed by atoms with Crippen molar-refractivity contribution in [3.63, 3.8) is 0 Å². The van der Waals surface area contributed by atoms with Gasteiger partial charge in [0.15, 0.2) is 0 Å². The highest BCUT2D eigenvalue weighted by Crippen LogP contribution is 2.39. The molecule has 0 saturated heterocycles. The van der Waals surface area contributed by atoms with Crippen molar-refractivity contribution in [2.75, 3.05) is 0 Å². The third kappa shape index (κ3) is 1.79. The molecule has 1 aromatic rings. The van der Waals surface area contributed by atoms with E-state index in [1.54, 1.807) is 12.1 Å². The van der Waals surface area contributed by atoms with Gasteiger partial charge in [0.1, 0.15) is 5.75 Å². The van der Waals surface area contributed by atoms with Crippen LogP contribution in [0.4, 0.5) is 0 Å². The fourth-order valence-electron chi connectivity index (χ4n) is 1.32. The quantitative estimate of drug-likeness (QED) is 0.772. The Kier molecular flexibility index (Phi) is 2.75. The Bertz CT molecular complexity index is 260. The fourth-order valence-corrected chi connectivity index (χ4v) is 1.32. The summed E-state index contributed by atoms with van der Waals surface area (Å²) < 4.78 is 0. The van der Waals surface area contributed by atoms with Gasteiger partial charge in [-0.05, 0) is 24.1 Å². The first-order chi connectivity index (χ1) is 5.27. The number of rotatable bonds is 1. The first kappa shape index (κ1) is 9.55. The maximum Gasteiger partial charge on any atom is 0.115 e. The van der Waals surface area contributed by atoms with E-state index in [9.17, 15) is 0 Å². The number of aromatic hydroxyl groups is 1. The van der Waals surface area contributed by atoms with Crippen LogP contribution in [0.5, 0.6) is 5.75 Å². The summed E-state index contributed by atoms with van der Waals surface area (Å²) in [7, 11) is 0. The largest absolute Gasteiger partial charge is 0.508 e. The van der Waals surface area contributed by atoms with Crippen molar-refractivity contribution in [1.29, 1.82) is 0 Å². The monoisotopic (exact) mass is 229 g/mol. The van der Waals surface area contributed by atoms with Crippen molar-refractivity contribution in [1.82, 2.24) is 0 Å². The average Bonchev–Trinajstić information content (AvgIpc) is 2.69. The van der Waals surface area contributed by atoms with Gasteiger partial charge in [-0.15, -0.1) is 17.0 Å². The van der Waals surface area contributed by atoms with Gasteiger partial charge in [0, 0.05) is 12.0 Å². The number of benzene rings is 1. The van der Waals surface area contributed by atoms with E-state index in [0.29, 0.717) is 17.7 Å². The van der Waals surface area contributed by atoms with Crippen molar-refractivity contribution in [3.8, 4) is 5.75 Å². The highest BCUT2D eigenvalue weighted by molar-refractivity contribution is 8.93. The topological polar surface area (TPSA) is 46.2 Å². The summed E-state index contributed by atoms with van der Waals surface area (Å²) in [5.74, 6) is 0.860. The van der Waals surface area contributed by atoms with E-state index in [2.05, 4.69) is 0 Å². The lowest BCUT2D eigenvalue weighted by Crippen LogP contribution is -2.00. The molecule has 0 unspecified atom stereocenters. The Hall–Kier alpha value is -0.540. The molecule has 1 aliphatic carbocycles. The van der Waals surface area contributed by atoms with Gasteiger partial charge in [-0.1, -0.05) is 12.1 Å². The molecule has 66 valence electrons. The van der Waals surface area contributed by atoms with Crippen LogP contribution in [0.1, 0.15) is 17.9 Å². The first-order valence-electron chi connectivity index (χ1n) is 3.82. The average molecular weight is 230 g/mol. The maximum atomic E-state index is 8.99. The van der Waals surface area contributed by atoms with Gasteiger partial charge < -0.3 is 10.8 Å². The first-order valence-corrected chi connectivity index (χ1v) is 3.82. The van der Waals surface area contributed by atoms with Crippen molar-refractivity contribution in [2.45, 2.75) is 18.4 Å². The summed E-state index contributed by atoms with van der Waals surface area (Å²) in [6, 6.07) is 7.64. The minimum absolute atomic E-state index is 0. The van der Waals surface area contributed by atoms with Crippen molar-refractivity contribution >= 4 is 17.0 Å². The van der Waals surface area contributed by atoms with Gasteiger partial charge in [0.25, 0.3) is 0 Å². The molecule has 2 atom stereocenters. The lowest BCUT2D eigenvalue weighted by molar-refractivity contribution is 0.475. The second-order valence-electron chi connectivity index (χ2n) is 3.10. The molecule has 3 heteroatoms. The molecule has 0 bridgehead atoms. The van der Waals surface area contributed by atoms with Crippen molar-refractivity contribution < 1.29 is 5.11 Å². The van der Waals surface area contributed by atoms with Gasteiger partial charge in [0.2, 0.25) is 0 Å². The lowest BCUT2D eigenvalue weighted by Gasteiger charge is -1.97. The molecule has 1 aromatic carbocycles. The molecule has 2 rings (SSSR count). The Morgan fingerprint density at radius 1 is 1.25 bits per heavy atom. The molecule has 0 aromatic heterocycles. The Balaban J connectivity index is 0.000000720. The second kappa shape index (κ2) is 3.46. The van der Waals surface area contributed by atoms with Gasteiger partial charge in [-0.3, -0.25) is 0 Å². The Labute approximate surface area is 82.2 Å². The van der Waals surface area contributed by atoms with E-state index in [1.807, 2.05) is 12.1 Å². The summed E-state index contributed by atoms with van der Waals surface area (Å²) >= 11 is 0. The highest BCUT2D eigenvalue weighted by Gasteiger charge is 2.34. The zero-order valence-corrected chi connectivity index (χ0v) is 8.32. The van der Waals surface area contributed by atoms with Gasteiger partial charge in [0.05, 0.1) is 0 Å². The third-order valence-electron chi connectivity index (χ3n) is 2.16. The van der Waals surface area contributed by atoms with Crippen LogP contribution in [0.2, 0.25) is 0 Å². The Morgan fingerprint density at radius 3 is 2.17 bits per heavy atom. The molecule has 0 spiro atoms. The zero-order chi connectivity index (χ0) is 7.84. The van der Waals surface area contributed by atoms with Crippen LogP contribution in [0.25, 0.3) is 0 Å². The van der Waals surface area contributed by atoms with Crippen LogP contribution in [0.3, 0.4) is 0 Å². The number of nitrogens with two attached hydrogens (primary N) is 1. The molecule has 2 nitrogen and oxygen atoms in total. The van der Waals surface area contributed by atoms with E-state index in [4.69, 9.17) is 10.8 Å². The smallest absolute Gasteiger partial charge is 0.115 e. The Morgan fingerprint density at radius 2 is 1.75 bits per heavy atom. The van der Waals surface area contributed by atoms with E-state index in [1.165, 1.54) is 5.56 Å². The van der Waals surface area contributed by atoms with Crippen molar-refractivity contribution in [3.05, 3.63) is 29.8 Å². The van der Waals surface area contributed by atoms with E-state index >= 15 is 0 Å². The van der Waals surface area contributed by atoms with Crippen LogP contribution in [0, 0.1) is 0 Å². The van der Waals surface area contributed by atoms with Crippen LogP contribution in [-0.2, 0) is 0 Å². The third-order valence-corrected chi connectivity index (χ3v) is 2.16. The molecule has 3 N–H and O–H groups in total.